The number of amides is 1. The molecule has 0 bridgehead atoms. The first-order chi connectivity index (χ1) is 15.5. The van der Waals surface area contributed by atoms with Gasteiger partial charge in [-0.3, -0.25) is 24.0 Å². The third-order valence-corrected chi connectivity index (χ3v) is 5.36. The van der Waals surface area contributed by atoms with E-state index < -0.39 is 17.2 Å². The number of hydrogen-bond donors (Lipinski definition) is 2. The molecule has 0 aliphatic carbocycles. The highest BCUT2D eigenvalue weighted by atomic mass is 16.5. The van der Waals surface area contributed by atoms with E-state index in [1.165, 1.54) is 16.6 Å². The number of H-pyrrole nitrogens is 1. The quantitative estimate of drug-likeness (QED) is 0.535. The second kappa shape index (κ2) is 10.6. The van der Waals surface area contributed by atoms with E-state index in [1.54, 1.807) is 0 Å². The number of aromatic amines is 1. The Bertz CT molecular complexity index is 1160. The summed E-state index contributed by atoms with van der Waals surface area (Å²) < 4.78 is 6.27. The van der Waals surface area contributed by atoms with Crippen LogP contribution in [0.3, 0.4) is 0 Å². The van der Waals surface area contributed by atoms with E-state index in [9.17, 15) is 14.4 Å². The lowest BCUT2D eigenvalue weighted by molar-refractivity contribution is -0.120. The molecule has 1 atom stereocenters. The number of rotatable bonds is 9. The van der Waals surface area contributed by atoms with Crippen molar-refractivity contribution in [2.24, 2.45) is 0 Å². The Morgan fingerprint density at radius 1 is 1.09 bits per heavy atom. The van der Waals surface area contributed by atoms with Crippen molar-refractivity contribution in [3.8, 4) is 0 Å². The fourth-order valence-electron chi connectivity index (χ4n) is 3.70. The Hall–Kier alpha value is -3.65. The summed E-state index contributed by atoms with van der Waals surface area (Å²) in [6.07, 6.45) is 0.537. The molecule has 0 spiro atoms. The SMILES string of the molecule is CCC(C(=O)N(Cc1ccccc1)c1c(N)n(CCOC)c(=O)[nH]c1=O)c1ccccc1. The van der Waals surface area contributed by atoms with Gasteiger partial charge in [0.2, 0.25) is 5.91 Å². The number of anilines is 2. The third-order valence-electron chi connectivity index (χ3n) is 5.36. The molecule has 32 heavy (non-hydrogen) atoms. The summed E-state index contributed by atoms with van der Waals surface area (Å²) in [6.45, 7) is 2.43. The van der Waals surface area contributed by atoms with E-state index in [1.807, 2.05) is 67.6 Å². The topological polar surface area (TPSA) is 110 Å². The third kappa shape index (κ3) is 4.97. The van der Waals surface area contributed by atoms with Crippen molar-refractivity contribution in [1.29, 1.82) is 0 Å². The van der Waals surface area contributed by atoms with Crippen LogP contribution in [0.5, 0.6) is 0 Å². The minimum atomic E-state index is -0.701. The first-order valence-corrected chi connectivity index (χ1v) is 10.5. The average molecular weight is 437 g/mol. The Labute approximate surface area is 186 Å². The Kier molecular flexibility index (Phi) is 7.62. The molecular formula is C24H28N4O4. The van der Waals surface area contributed by atoms with Crippen molar-refractivity contribution in [3.63, 3.8) is 0 Å². The molecule has 8 nitrogen and oxygen atoms in total. The van der Waals surface area contributed by atoms with Crippen LogP contribution >= 0.6 is 0 Å². The average Bonchev–Trinajstić information content (AvgIpc) is 2.80. The summed E-state index contributed by atoms with van der Waals surface area (Å²) in [7, 11) is 1.50. The van der Waals surface area contributed by atoms with Crippen molar-refractivity contribution in [2.45, 2.75) is 32.4 Å². The van der Waals surface area contributed by atoms with E-state index in [0.717, 1.165) is 11.1 Å². The monoisotopic (exact) mass is 436 g/mol. The number of ether oxygens (including phenoxy) is 1. The van der Waals surface area contributed by atoms with Gasteiger partial charge < -0.3 is 10.5 Å². The number of nitrogen functional groups attached to an aromatic ring is 1. The maximum atomic E-state index is 13.8. The van der Waals surface area contributed by atoms with E-state index in [2.05, 4.69) is 4.98 Å². The molecular weight excluding hydrogens is 408 g/mol. The molecule has 3 aromatic rings. The fraction of sp³-hybridized carbons (Fsp3) is 0.292. The van der Waals surface area contributed by atoms with Crippen molar-refractivity contribution in [3.05, 3.63) is 92.6 Å². The zero-order valence-corrected chi connectivity index (χ0v) is 18.3. The number of methoxy groups -OCH3 is 1. The van der Waals surface area contributed by atoms with Gasteiger partial charge in [-0.15, -0.1) is 0 Å². The Morgan fingerprint density at radius 2 is 1.72 bits per heavy atom. The molecule has 0 saturated carbocycles. The molecule has 8 heteroatoms. The van der Waals surface area contributed by atoms with E-state index in [4.69, 9.17) is 10.5 Å². The molecule has 168 valence electrons. The minimum absolute atomic E-state index is 0.0380. The lowest BCUT2D eigenvalue weighted by Crippen LogP contribution is -2.42. The number of nitrogens with two attached hydrogens (primary N) is 1. The minimum Gasteiger partial charge on any atom is -0.383 e. The molecule has 0 fully saturated rings. The molecule has 1 heterocycles. The summed E-state index contributed by atoms with van der Waals surface area (Å²) in [6, 6.07) is 18.7. The summed E-state index contributed by atoms with van der Waals surface area (Å²) >= 11 is 0. The van der Waals surface area contributed by atoms with Gasteiger partial charge >= 0.3 is 5.69 Å². The maximum Gasteiger partial charge on any atom is 0.330 e. The highest BCUT2D eigenvalue weighted by Gasteiger charge is 2.30. The van der Waals surface area contributed by atoms with Gasteiger partial charge in [0, 0.05) is 7.11 Å². The second-order valence-corrected chi connectivity index (χ2v) is 7.42. The zero-order valence-electron chi connectivity index (χ0n) is 18.3. The Balaban J connectivity index is 2.14. The molecule has 3 rings (SSSR count). The van der Waals surface area contributed by atoms with Gasteiger partial charge in [-0.1, -0.05) is 67.6 Å². The number of carbonyl (C=O) groups is 1. The summed E-state index contributed by atoms with van der Waals surface area (Å²) in [4.78, 5) is 42.7. The standard InChI is InChI=1S/C24H28N4O4/c1-3-19(18-12-8-5-9-13-18)23(30)28(16-17-10-6-4-7-11-17)20-21(25)27(14-15-32-2)24(31)26-22(20)29/h4-13,19H,3,14-16,25H2,1-2H3,(H,26,29,31). The predicted molar refractivity (Wildman–Crippen MR) is 125 cm³/mol. The smallest absolute Gasteiger partial charge is 0.330 e. The highest BCUT2D eigenvalue weighted by Crippen LogP contribution is 2.27. The molecule has 3 N–H and O–H groups in total. The second-order valence-electron chi connectivity index (χ2n) is 7.42. The number of nitrogens with one attached hydrogen (secondary N) is 1. The van der Waals surface area contributed by atoms with Crippen LogP contribution in [0.2, 0.25) is 0 Å². The molecule has 0 aliphatic rings. The zero-order chi connectivity index (χ0) is 23.1. The summed E-state index contributed by atoms with van der Waals surface area (Å²) in [5.74, 6) is -0.808. The van der Waals surface area contributed by atoms with Gasteiger partial charge in [0.15, 0.2) is 5.69 Å². The number of aromatic nitrogens is 2. The van der Waals surface area contributed by atoms with Gasteiger partial charge in [0.25, 0.3) is 5.56 Å². The van der Waals surface area contributed by atoms with Gasteiger partial charge in [0.1, 0.15) is 5.82 Å². The van der Waals surface area contributed by atoms with Crippen molar-refractivity contribution in [2.75, 3.05) is 24.4 Å². The van der Waals surface area contributed by atoms with Crippen molar-refractivity contribution < 1.29 is 9.53 Å². The van der Waals surface area contributed by atoms with Crippen molar-refractivity contribution in [1.82, 2.24) is 9.55 Å². The first-order valence-electron chi connectivity index (χ1n) is 10.5. The first kappa shape index (κ1) is 23.0. The van der Waals surface area contributed by atoms with E-state index in [-0.39, 0.29) is 37.1 Å². The van der Waals surface area contributed by atoms with Crippen LogP contribution in [0.15, 0.2) is 70.3 Å². The normalized spacial score (nSPS) is 11.8. The molecule has 1 unspecified atom stereocenters. The van der Waals surface area contributed by atoms with Gasteiger partial charge in [-0.05, 0) is 17.5 Å². The van der Waals surface area contributed by atoms with Gasteiger partial charge in [-0.2, -0.15) is 0 Å². The molecule has 2 aromatic carbocycles. The predicted octanol–water partition coefficient (Wildman–Crippen LogP) is 2.49. The molecule has 0 aliphatic heterocycles. The van der Waals surface area contributed by atoms with Crippen LogP contribution in [0.25, 0.3) is 0 Å². The lowest BCUT2D eigenvalue weighted by Gasteiger charge is -2.28. The van der Waals surface area contributed by atoms with Crippen molar-refractivity contribution >= 4 is 17.4 Å². The van der Waals surface area contributed by atoms with Crippen LogP contribution in [-0.4, -0.2) is 29.2 Å². The molecule has 0 radical (unpaired) electrons. The molecule has 1 aromatic heterocycles. The Morgan fingerprint density at radius 3 is 2.31 bits per heavy atom. The number of carbonyl (C=O) groups excluding carboxylic acids is 1. The van der Waals surface area contributed by atoms with Crippen LogP contribution in [0.1, 0.15) is 30.4 Å². The number of hydrogen-bond acceptors (Lipinski definition) is 5. The molecule has 1 amide bonds. The fourth-order valence-corrected chi connectivity index (χ4v) is 3.70. The maximum absolute atomic E-state index is 13.8. The number of nitrogens with zero attached hydrogens (tertiary/aromatic N) is 2. The summed E-state index contributed by atoms with van der Waals surface area (Å²) in [5.41, 5.74) is 6.59. The number of benzene rings is 2. The van der Waals surface area contributed by atoms with E-state index >= 15 is 0 Å². The van der Waals surface area contributed by atoms with Gasteiger partial charge in [-0.25, -0.2) is 4.79 Å². The highest BCUT2D eigenvalue weighted by molar-refractivity contribution is 5.99. The summed E-state index contributed by atoms with van der Waals surface area (Å²) in [5, 5.41) is 0. The van der Waals surface area contributed by atoms with Crippen LogP contribution in [0.4, 0.5) is 11.5 Å². The van der Waals surface area contributed by atoms with Crippen LogP contribution in [0, 0.1) is 0 Å². The van der Waals surface area contributed by atoms with Gasteiger partial charge in [0.05, 0.1) is 25.6 Å². The van der Waals surface area contributed by atoms with Crippen LogP contribution < -0.4 is 21.9 Å². The lowest BCUT2D eigenvalue weighted by atomic mass is 9.94. The van der Waals surface area contributed by atoms with E-state index in [0.29, 0.717) is 6.42 Å². The molecule has 0 saturated heterocycles. The largest absolute Gasteiger partial charge is 0.383 e. The van der Waals surface area contributed by atoms with Crippen LogP contribution in [-0.2, 0) is 22.6 Å².